The van der Waals surface area contributed by atoms with E-state index >= 15 is 0 Å². The number of nitrogens with zero attached hydrogens (tertiary/aromatic N) is 2. The smallest absolute Gasteiger partial charge is 0.258 e. The molecule has 2 aromatic rings. The summed E-state index contributed by atoms with van der Waals surface area (Å²) in [5, 5.41) is 0. The Balaban J connectivity index is 2.36. The normalized spacial score (nSPS) is 11.8. The number of ether oxygens (including phenoxy) is 1. The summed E-state index contributed by atoms with van der Waals surface area (Å²) < 4.78 is 19.3. The lowest BCUT2D eigenvalue weighted by atomic mass is 10.1. The van der Waals surface area contributed by atoms with Gasteiger partial charge in [0, 0.05) is 18.9 Å². The van der Waals surface area contributed by atoms with Crippen molar-refractivity contribution in [3.63, 3.8) is 0 Å². The molecule has 1 heterocycles. The van der Waals surface area contributed by atoms with Crippen molar-refractivity contribution < 1.29 is 13.9 Å². The Morgan fingerprint density at radius 1 is 1.30 bits per heavy atom. The minimum Gasteiger partial charge on any atom is -0.490 e. The molecule has 4 nitrogen and oxygen atoms in total. The highest BCUT2D eigenvalue weighted by Gasteiger charge is 2.25. The van der Waals surface area contributed by atoms with Crippen molar-refractivity contribution in [3.05, 3.63) is 59.7 Å². The van der Waals surface area contributed by atoms with E-state index in [9.17, 15) is 9.18 Å². The molecule has 0 N–H and O–H groups in total. The lowest BCUT2D eigenvalue weighted by Gasteiger charge is -2.29. The second-order valence-electron chi connectivity index (χ2n) is 5.10. The fourth-order valence-electron chi connectivity index (χ4n) is 2.52. The van der Waals surface area contributed by atoms with Gasteiger partial charge in [-0.1, -0.05) is 12.1 Å². The molecule has 122 valence electrons. The molecule has 1 atom stereocenters. The Hall–Kier alpha value is -2.43. The topological polar surface area (TPSA) is 42.4 Å². The summed E-state index contributed by atoms with van der Waals surface area (Å²) in [6.07, 6.45) is 3.42. The second kappa shape index (κ2) is 7.72. The van der Waals surface area contributed by atoms with E-state index in [4.69, 9.17) is 4.74 Å². The van der Waals surface area contributed by atoms with Crippen LogP contribution in [0.1, 0.15) is 42.7 Å². The first-order valence-electron chi connectivity index (χ1n) is 7.72. The number of amides is 1. The Morgan fingerprint density at radius 3 is 2.70 bits per heavy atom. The van der Waals surface area contributed by atoms with E-state index in [2.05, 4.69) is 4.98 Å². The number of pyridine rings is 1. The van der Waals surface area contributed by atoms with Crippen LogP contribution < -0.4 is 4.74 Å². The second-order valence-corrected chi connectivity index (χ2v) is 5.10. The molecule has 0 saturated heterocycles. The van der Waals surface area contributed by atoms with Crippen molar-refractivity contribution in [2.45, 2.75) is 26.8 Å². The molecule has 1 amide bonds. The fourth-order valence-corrected chi connectivity index (χ4v) is 2.52. The standard InChI is InChI=1S/C18H21FN2O2/c1-4-21(13(3)14-8-7-11-20-12-14)18(22)15-9-6-10-16(19)17(15)23-5-2/h6-13H,4-5H2,1-3H3. The molecule has 0 aliphatic heterocycles. The van der Waals surface area contributed by atoms with Gasteiger partial charge in [-0.2, -0.15) is 0 Å². The molecule has 0 spiro atoms. The van der Waals surface area contributed by atoms with Crippen molar-refractivity contribution in [2.75, 3.05) is 13.2 Å². The number of carbonyl (C=O) groups excluding carboxylic acids is 1. The van der Waals surface area contributed by atoms with Crippen LogP contribution in [0.25, 0.3) is 0 Å². The third-order valence-electron chi connectivity index (χ3n) is 3.72. The number of rotatable bonds is 6. The average molecular weight is 316 g/mol. The maximum atomic E-state index is 14.0. The zero-order valence-corrected chi connectivity index (χ0v) is 13.6. The highest BCUT2D eigenvalue weighted by Crippen LogP contribution is 2.28. The number of aromatic nitrogens is 1. The van der Waals surface area contributed by atoms with Gasteiger partial charge in [0.25, 0.3) is 5.91 Å². The monoisotopic (exact) mass is 316 g/mol. The first-order chi connectivity index (χ1) is 11.1. The van der Waals surface area contributed by atoms with Crippen LogP contribution in [0.5, 0.6) is 5.75 Å². The number of halogens is 1. The molecule has 0 bridgehead atoms. The van der Waals surface area contributed by atoms with Gasteiger partial charge in [0.15, 0.2) is 11.6 Å². The molecule has 5 heteroatoms. The van der Waals surface area contributed by atoms with E-state index in [0.717, 1.165) is 5.56 Å². The molecule has 0 radical (unpaired) electrons. The summed E-state index contributed by atoms with van der Waals surface area (Å²) in [7, 11) is 0. The molecule has 1 aromatic heterocycles. The third-order valence-corrected chi connectivity index (χ3v) is 3.72. The molecule has 23 heavy (non-hydrogen) atoms. The Morgan fingerprint density at radius 2 is 2.09 bits per heavy atom. The minimum atomic E-state index is -0.525. The zero-order valence-electron chi connectivity index (χ0n) is 13.6. The van der Waals surface area contributed by atoms with Gasteiger partial charge >= 0.3 is 0 Å². The van der Waals surface area contributed by atoms with Crippen LogP contribution in [0.3, 0.4) is 0 Å². The maximum Gasteiger partial charge on any atom is 0.258 e. The van der Waals surface area contributed by atoms with Crippen molar-refractivity contribution in [1.29, 1.82) is 0 Å². The quantitative estimate of drug-likeness (QED) is 0.813. The lowest BCUT2D eigenvalue weighted by Crippen LogP contribution is -2.34. The summed E-state index contributed by atoms with van der Waals surface area (Å²) >= 11 is 0. The van der Waals surface area contributed by atoms with Gasteiger partial charge in [-0.05, 0) is 44.5 Å². The fraction of sp³-hybridized carbons (Fsp3) is 0.333. The third kappa shape index (κ3) is 3.67. The van der Waals surface area contributed by atoms with Gasteiger partial charge in [-0.25, -0.2) is 4.39 Å². The lowest BCUT2D eigenvalue weighted by molar-refractivity contribution is 0.0697. The number of hydrogen-bond acceptors (Lipinski definition) is 3. The van der Waals surface area contributed by atoms with E-state index in [0.29, 0.717) is 13.2 Å². The summed E-state index contributed by atoms with van der Waals surface area (Å²) in [5.74, 6) is -0.772. The van der Waals surface area contributed by atoms with Crippen molar-refractivity contribution >= 4 is 5.91 Å². The van der Waals surface area contributed by atoms with E-state index in [1.807, 2.05) is 26.0 Å². The van der Waals surface area contributed by atoms with Crippen LogP contribution in [-0.2, 0) is 0 Å². The maximum absolute atomic E-state index is 14.0. The number of carbonyl (C=O) groups is 1. The van der Waals surface area contributed by atoms with E-state index in [-0.39, 0.29) is 23.3 Å². The van der Waals surface area contributed by atoms with Gasteiger partial charge in [0.1, 0.15) is 0 Å². The molecular weight excluding hydrogens is 295 g/mol. The number of hydrogen-bond donors (Lipinski definition) is 0. The summed E-state index contributed by atoms with van der Waals surface area (Å²) in [6, 6.07) is 7.99. The molecule has 0 fully saturated rings. The molecule has 2 rings (SSSR count). The van der Waals surface area contributed by atoms with Crippen molar-refractivity contribution in [1.82, 2.24) is 9.88 Å². The summed E-state index contributed by atoms with van der Waals surface area (Å²) in [5.41, 5.74) is 1.17. The van der Waals surface area contributed by atoms with Crippen molar-refractivity contribution in [2.24, 2.45) is 0 Å². The van der Waals surface area contributed by atoms with Crippen LogP contribution in [0.2, 0.25) is 0 Å². The van der Waals surface area contributed by atoms with Gasteiger partial charge < -0.3 is 9.64 Å². The average Bonchev–Trinajstić information content (AvgIpc) is 2.58. The predicted octanol–water partition coefficient (Wildman–Crippen LogP) is 3.84. The highest BCUT2D eigenvalue weighted by atomic mass is 19.1. The molecule has 1 aromatic carbocycles. The predicted molar refractivity (Wildman–Crippen MR) is 86.9 cm³/mol. The van der Waals surface area contributed by atoms with Crippen LogP contribution in [0.4, 0.5) is 4.39 Å². The van der Waals surface area contributed by atoms with Gasteiger partial charge in [0.05, 0.1) is 18.2 Å². The molecular formula is C18H21FN2O2. The Kier molecular flexibility index (Phi) is 5.68. The number of benzene rings is 1. The van der Waals surface area contributed by atoms with Gasteiger partial charge in [0.2, 0.25) is 0 Å². The largest absolute Gasteiger partial charge is 0.490 e. The van der Waals surface area contributed by atoms with Crippen LogP contribution in [0.15, 0.2) is 42.7 Å². The van der Waals surface area contributed by atoms with Crippen LogP contribution >= 0.6 is 0 Å². The summed E-state index contributed by atoms with van der Waals surface area (Å²) in [4.78, 5) is 18.7. The molecule has 1 unspecified atom stereocenters. The SMILES string of the molecule is CCOc1c(F)cccc1C(=O)N(CC)C(C)c1cccnc1. The summed E-state index contributed by atoms with van der Waals surface area (Å²) in [6.45, 7) is 6.38. The minimum absolute atomic E-state index is 0.0110. The van der Waals surface area contributed by atoms with Crippen molar-refractivity contribution in [3.8, 4) is 5.75 Å². The first kappa shape index (κ1) is 16.9. The van der Waals surface area contributed by atoms with Crippen LogP contribution in [0, 0.1) is 5.82 Å². The Bertz CT molecular complexity index is 661. The van der Waals surface area contributed by atoms with Gasteiger partial charge in [-0.15, -0.1) is 0 Å². The van der Waals surface area contributed by atoms with E-state index in [1.165, 1.54) is 12.1 Å². The first-order valence-corrected chi connectivity index (χ1v) is 7.72. The highest BCUT2D eigenvalue weighted by molar-refractivity contribution is 5.97. The van der Waals surface area contributed by atoms with E-state index < -0.39 is 5.82 Å². The molecule has 0 aliphatic carbocycles. The Labute approximate surface area is 135 Å². The molecule has 0 aliphatic rings. The van der Waals surface area contributed by atoms with Gasteiger partial charge in [-0.3, -0.25) is 9.78 Å². The van der Waals surface area contributed by atoms with E-state index in [1.54, 1.807) is 30.3 Å². The van der Waals surface area contributed by atoms with Crippen LogP contribution in [-0.4, -0.2) is 28.9 Å². The zero-order chi connectivity index (χ0) is 16.8. The molecule has 0 saturated carbocycles. The number of para-hydroxylation sites is 1.